The summed E-state index contributed by atoms with van der Waals surface area (Å²) in [6, 6.07) is 14.8. The van der Waals surface area contributed by atoms with Gasteiger partial charge in [-0.1, -0.05) is 42.5 Å². The molecule has 1 aliphatic heterocycles. The van der Waals surface area contributed by atoms with Gasteiger partial charge in [-0.2, -0.15) is 0 Å². The molecule has 2 N–H and O–H groups in total. The first kappa shape index (κ1) is 26.6. The molecule has 198 valence electrons. The fraction of sp³-hybridized carbons (Fsp3) is 0.321. The third kappa shape index (κ3) is 6.08. The van der Waals surface area contributed by atoms with Crippen molar-refractivity contribution in [2.45, 2.75) is 37.4 Å². The Morgan fingerprint density at radius 1 is 0.921 bits per heavy atom. The van der Waals surface area contributed by atoms with Crippen LogP contribution in [0.15, 0.2) is 67.0 Å². The summed E-state index contributed by atoms with van der Waals surface area (Å²) in [5.41, 5.74) is 1.50. The number of methoxy groups -OCH3 is 2. The number of hydrogen-bond acceptors (Lipinski definition) is 8. The van der Waals surface area contributed by atoms with Crippen molar-refractivity contribution in [3.8, 4) is 0 Å². The number of ether oxygens (including phenoxy) is 2. The van der Waals surface area contributed by atoms with Crippen LogP contribution < -0.4 is 15.5 Å². The van der Waals surface area contributed by atoms with E-state index in [1.165, 1.54) is 14.2 Å². The van der Waals surface area contributed by atoms with Crippen LogP contribution in [0.5, 0.6) is 0 Å². The average molecular weight is 519 g/mol. The van der Waals surface area contributed by atoms with Crippen LogP contribution in [0.1, 0.15) is 18.4 Å². The van der Waals surface area contributed by atoms with Crippen molar-refractivity contribution < 1.29 is 28.7 Å². The van der Waals surface area contributed by atoms with Crippen molar-refractivity contribution in [3.05, 3.63) is 72.6 Å². The molecule has 0 spiro atoms. The molecule has 3 atom stereocenters. The minimum atomic E-state index is -0.917. The molecule has 4 rings (SSSR count). The highest BCUT2D eigenvalue weighted by Crippen LogP contribution is 2.31. The summed E-state index contributed by atoms with van der Waals surface area (Å²) in [6.45, 7) is -0.275. The summed E-state index contributed by atoms with van der Waals surface area (Å²) >= 11 is 0. The van der Waals surface area contributed by atoms with Gasteiger partial charge in [-0.3, -0.25) is 19.4 Å². The van der Waals surface area contributed by atoms with E-state index in [0.717, 1.165) is 16.3 Å². The number of anilines is 1. The first-order chi connectivity index (χ1) is 18.4. The van der Waals surface area contributed by atoms with Gasteiger partial charge in [0.15, 0.2) is 0 Å². The second-order valence-electron chi connectivity index (χ2n) is 8.99. The van der Waals surface area contributed by atoms with Crippen LogP contribution in [0.2, 0.25) is 0 Å². The molecule has 1 saturated heterocycles. The fourth-order valence-electron chi connectivity index (χ4n) is 4.76. The van der Waals surface area contributed by atoms with Gasteiger partial charge in [0.2, 0.25) is 11.8 Å². The summed E-state index contributed by atoms with van der Waals surface area (Å²) in [6.07, 6.45) is 4.13. The molecule has 2 heterocycles. The van der Waals surface area contributed by atoms with Crippen molar-refractivity contribution in [1.29, 1.82) is 0 Å². The van der Waals surface area contributed by atoms with Crippen molar-refractivity contribution in [2.75, 3.05) is 25.7 Å². The summed E-state index contributed by atoms with van der Waals surface area (Å²) in [7, 11) is 2.52. The average Bonchev–Trinajstić information content (AvgIpc) is 3.41. The van der Waals surface area contributed by atoms with Crippen molar-refractivity contribution in [2.24, 2.45) is 0 Å². The number of pyridine rings is 1. The van der Waals surface area contributed by atoms with E-state index in [0.29, 0.717) is 18.5 Å². The normalized spacial score (nSPS) is 17.5. The van der Waals surface area contributed by atoms with E-state index in [2.05, 4.69) is 20.4 Å². The van der Waals surface area contributed by atoms with E-state index in [9.17, 15) is 19.2 Å². The second-order valence-corrected chi connectivity index (χ2v) is 8.99. The minimum absolute atomic E-state index is 0.244. The lowest BCUT2D eigenvalue weighted by Crippen LogP contribution is -2.54. The Kier molecular flexibility index (Phi) is 8.52. The van der Waals surface area contributed by atoms with E-state index < -0.39 is 41.9 Å². The van der Waals surface area contributed by atoms with Crippen LogP contribution in [-0.4, -0.2) is 67.6 Å². The molecule has 3 aromatic rings. The highest BCUT2D eigenvalue weighted by molar-refractivity contribution is 5.95. The lowest BCUT2D eigenvalue weighted by molar-refractivity contribution is -0.145. The maximum Gasteiger partial charge on any atom is 0.328 e. The van der Waals surface area contributed by atoms with Crippen LogP contribution in [-0.2, 0) is 35.1 Å². The maximum atomic E-state index is 13.6. The Bertz CT molecular complexity index is 1310. The van der Waals surface area contributed by atoms with Gasteiger partial charge in [-0.25, -0.2) is 4.79 Å². The van der Waals surface area contributed by atoms with Crippen LogP contribution in [0.4, 0.5) is 5.69 Å². The first-order valence-corrected chi connectivity index (χ1v) is 12.3. The zero-order valence-electron chi connectivity index (χ0n) is 21.3. The fourth-order valence-corrected chi connectivity index (χ4v) is 4.76. The van der Waals surface area contributed by atoms with Gasteiger partial charge in [0.25, 0.3) is 0 Å². The number of rotatable bonds is 9. The first-order valence-electron chi connectivity index (χ1n) is 12.3. The topological polar surface area (TPSA) is 127 Å². The van der Waals surface area contributed by atoms with Gasteiger partial charge in [0.05, 0.1) is 14.2 Å². The number of nitrogens with zero attached hydrogens (tertiary/aromatic N) is 2. The number of carbonyl (C=O) groups excluding carboxylic acids is 4. The molecular formula is C28H30N4O6. The lowest BCUT2D eigenvalue weighted by atomic mass is 10.0. The van der Waals surface area contributed by atoms with Crippen LogP contribution >= 0.6 is 0 Å². The Morgan fingerprint density at radius 3 is 2.29 bits per heavy atom. The Labute approximate surface area is 220 Å². The highest BCUT2D eigenvalue weighted by atomic mass is 16.5. The molecular weight excluding hydrogens is 488 g/mol. The summed E-state index contributed by atoms with van der Waals surface area (Å²) in [5, 5.41) is 7.52. The summed E-state index contributed by atoms with van der Waals surface area (Å²) in [4.78, 5) is 56.4. The predicted octanol–water partition coefficient (Wildman–Crippen LogP) is 1.76. The summed E-state index contributed by atoms with van der Waals surface area (Å²) < 4.78 is 9.59. The van der Waals surface area contributed by atoms with Crippen molar-refractivity contribution in [3.63, 3.8) is 0 Å². The second kappa shape index (κ2) is 12.2. The molecule has 1 aliphatic rings. The van der Waals surface area contributed by atoms with Gasteiger partial charge in [-0.15, -0.1) is 0 Å². The smallest absolute Gasteiger partial charge is 0.328 e. The number of hydrogen-bond donors (Lipinski definition) is 2. The molecule has 1 aromatic heterocycles. The molecule has 0 radical (unpaired) electrons. The lowest BCUT2D eigenvalue weighted by Gasteiger charge is -2.31. The van der Waals surface area contributed by atoms with E-state index in [1.54, 1.807) is 29.4 Å². The Balaban J connectivity index is 1.54. The zero-order chi connectivity index (χ0) is 27.1. The monoisotopic (exact) mass is 518 g/mol. The number of aromatic nitrogens is 1. The van der Waals surface area contributed by atoms with E-state index in [4.69, 9.17) is 4.74 Å². The number of nitrogens with one attached hydrogen (secondary N) is 2. The molecule has 10 heteroatoms. The number of esters is 2. The standard InChI is InChI=1S/C28H30N4O6/c1-37-25(33)17-30-26(34)23-9-10-24(32(23)21-11-13-29-14-12-21)27(35)31-22(28(36)38-2)16-18-7-8-19-5-3-4-6-20(19)15-18/h3-8,11-15,22-24H,9-10,16-17H2,1-2H3,(H,30,34)(H,31,35)/t22-,23+,24-/m0/s1. The largest absolute Gasteiger partial charge is 0.468 e. The van der Waals surface area contributed by atoms with Gasteiger partial charge in [-0.05, 0) is 41.3 Å². The van der Waals surface area contributed by atoms with Crippen molar-refractivity contribution in [1.82, 2.24) is 15.6 Å². The van der Waals surface area contributed by atoms with E-state index in [1.807, 2.05) is 42.5 Å². The van der Waals surface area contributed by atoms with Crippen LogP contribution in [0.25, 0.3) is 10.8 Å². The molecule has 0 unspecified atom stereocenters. The molecule has 0 saturated carbocycles. The molecule has 0 bridgehead atoms. The molecule has 1 fully saturated rings. The third-order valence-electron chi connectivity index (χ3n) is 6.64. The van der Waals surface area contributed by atoms with E-state index in [-0.39, 0.29) is 13.0 Å². The SMILES string of the molecule is COC(=O)CNC(=O)[C@H]1CC[C@@H](C(=O)N[C@@H](Cc2ccc3ccccc3c2)C(=O)OC)N1c1ccncc1. The molecule has 2 aromatic carbocycles. The predicted molar refractivity (Wildman–Crippen MR) is 140 cm³/mol. The molecule has 0 aliphatic carbocycles. The Morgan fingerprint density at radius 2 is 1.61 bits per heavy atom. The number of benzene rings is 2. The molecule has 2 amide bonds. The Hall–Kier alpha value is -4.47. The van der Waals surface area contributed by atoms with Crippen molar-refractivity contribution >= 4 is 40.2 Å². The van der Waals surface area contributed by atoms with Crippen LogP contribution in [0.3, 0.4) is 0 Å². The third-order valence-corrected chi connectivity index (χ3v) is 6.64. The van der Waals surface area contributed by atoms with E-state index >= 15 is 0 Å². The zero-order valence-corrected chi connectivity index (χ0v) is 21.3. The van der Waals surface area contributed by atoms with Crippen LogP contribution in [0, 0.1) is 0 Å². The van der Waals surface area contributed by atoms with Gasteiger partial charge in [0.1, 0.15) is 24.7 Å². The maximum absolute atomic E-state index is 13.6. The van der Waals surface area contributed by atoms with Gasteiger partial charge in [0, 0.05) is 24.5 Å². The highest BCUT2D eigenvalue weighted by Gasteiger charge is 2.42. The van der Waals surface area contributed by atoms with Gasteiger partial charge < -0.3 is 25.0 Å². The number of fused-ring (bicyclic) bond motifs is 1. The number of carbonyl (C=O) groups is 4. The molecule has 38 heavy (non-hydrogen) atoms. The quantitative estimate of drug-likeness (QED) is 0.411. The van der Waals surface area contributed by atoms with Gasteiger partial charge >= 0.3 is 11.9 Å². The molecule has 10 nitrogen and oxygen atoms in total. The minimum Gasteiger partial charge on any atom is -0.468 e. The summed E-state index contributed by atoms with van der Waals surface area (Å²) in [5.74, 6) is -1.94. The number of amides is 2.